The molecule has 0 unspecified atom stereocenters. The maximum absolute atomic E-state index is 14.4. The predicted molar refractivity (Wildman–Crippen MR) is 109 cm³/mol. The van der Waals surface area contributed by atoms with Crippen LogP contribution in [-0.2, 0) is 6.18 Å². The summed E-state index contributed by atoms with van der Waals surface area (Å²) in [7, 11) is 0. The van der Waals surface area contributed by atoms with Crippen molar-refractivity contribution in [2.75, 3.05) is 5.32 Å². The number of hydrogen-bond acceptors (Lipinski definition) is 4. The second kappa shape index (κ2) is 7.26. The number of nitrogens with zero attached hydrogens (tertiary/aromatic N) is 3. The van der Waals surface area contributed by atoms with Crippen LogP contribution in [0.2, 0.25) is 0 Å². The van der Waals surface area contributed by atoms with E-state index in [1.54, 1.807) is 36.4 Å². The summed E-state index contributed by atoms with van der Waals surface area (Å²) >= 11 is 0. The summed E-state index contributed by atoms with van der Waals surface area (Å²) in [5.41, 5.74) is -1.10. The van der Waals surface area contributed by atoms with E-state index >= 15 is 0 Å². The highest BCUT2D eigenvalue weighted by Crippen LogP contribution is 2.36. The standard InChI is InChI=1S/C22H12F5N5/c23-15-7-3-1-5-11(15)19-28-16-8-4-2-6-12(16)20(29-19)30-21-13-9-10-14(22(25,26)27)17(24)18(13)31-32-21/h1-10H,(H2,28,29,30,31,32). The third kappa shape index (κ3) is 3.29. The highest BCUT2D eigenvalue weighted by atomic mass is 19.4. The van der Waals surface area contributed by atoms with Gasteiger partial charge >= 0.3 is 6.18 Å². The molecule has 2 heterocycles. The maximum atomic E-state index is 14.4. The van der Waals surface area contributed by atoms with Crippen LogP contribution < -0.4 is 5.32 Å². The summed E-state index contributed by atoms with van der Waals surface area (Å²) in [6.45, 7) is 0. The van der Waals surface area contributed by atoms with Crippen molar-refractivity contribution in [3.05, 3.63) is 77.9 Å². The first kappa shape index (κ1) is 19.9. The molecule has 0 fully saturated rings. The van der Waals surface area contributed by atoms with E-state index in [9.17, 15) is 22.0 Å². The fourth-order valence-electron chi connectivity index (χ4n) is 3.42. The van der Waals surface area contributed by atoms with Gasteiger partial charge in [-0.15, -0.1) is 0 Å². The van der Waals surface area contributed by atoms with Gasteiger partial charge in [0.2, 0.25) is 0 Å². The summed E-state index contributed by atoms with van der Waals surface area (Å²) in [6, 6.07) is 14.7. The van der Waals surface area contributed by atoms with Crippen LogP contribution in [-0.4, -0.2) is 20.2 Å². The molecule has 0 aliphatic rings. The van der Waals surface area contributed by atoms with Crippen molar-refractivity contribution in [1.29, 1.82) is 0 Å². The molecule has 2 aromatic heterocycles. The van der Waals surface area contributed by atoms with Gasteiger partial charge in [-0.2, -0.15) is 18.3 Å². The largest absolute Gasteiger partial charge is 0.419 e. The van der Waals surface area contributed by atoms with Gasteiger partial charge in [0.25, 0.3) is 0 Å². The monoisotopic (exact) mass is 441 g/mol. The smallest absolute Gasteiger partial charge is 0.322 e. The minimum atomic E-state index is -4.84. The third-order valence-corrected chi connectivity index (χ3v) is 4.94. The topological polar surface area (TPSA) is 66.5 Å². The quantitative estimate of drug-likeness (QED) is 0.327. The fraction of sp³-hybridized carbons (Fsp3) is 0.0455. The van der Waals surface area contributed by atoms with Crippen LogP contribution in [0.25, 0.3) is 33.2 Å². The molecule has 3 aromatic carbocycles. The number of alkyl halides is 3. The number of fused-ring (bicyclic) bond motifs is 2. The molecule has 0 amide bonds. The Morgan fingerprint density at radius 1 is 0.781 bits per heavy atom. The van der Waals surface area contributed by atoms with Gasteiger partial charge in [-0.05, 0) is 36.4 Å². The Hall–Kier alpha value is -4.08. The van der Waals surface area contributed by atoms with Gasteiger partial charge in [0.05, 0.1) is 16.6 Å². The average molecular weight is 441 g/mol. The fourth-order valence-corrected chi connectivity index (χ4v) is 3.42. The Kier molecular flexibility index (Phi) is 4.50. The minimum absolute atomic E-state index is 0.0657. The van der Waals surface area contributed by atoms with Crippen LogP contribution in [0.3, 0.4) is 0 Å². The van der Waals surface area contributed by atoms with Crippen molar-refractivity contribution < 1.29 is 22.0 Å². The number of nitrogens with one attached hydrogen (secondary N) is 2. The molecule has 5 aromatic rings. The average Bonchev–Trinajstić information content (AvgIpc) is 3.17. The Labute approximate surface area is 176 Å². The molecule has 5 rings (SSSR count). The van der Waals surface area contributed by atoms with E-state index in [1.165, 1.54) is 12.1 Å². The minimum Gasteiger partial charge on any atom is -0.322 e. The molecular weight excluding hydrogens is 429 g/mol. The molecule has 0 aliphatic heterocycles. The lowest BCUT2D eigenvalue weighted by atomic mass is 10.1. The number of para-hydroxylation sites is 1. The van der Waals surface area contributed by atoms with E-state index in [4.69, 9.17) is 0 Å². The molecule has 0 radical (unpaired) electrons. The lowest BCUT2D eigenvalue weighted by Crippen LogP contribution is -2.08. The molecule has 0 bridgehead atoms. The van der Waals surface area contributed by atoms with Crippen LogP contribution >= 0.6 is 0 Å². The Morgan fingerprint density at radius 2 is 1.53 bits per heavy atom. The van der Waals surface area contributed by atoms with Crippen LogP contribution in [0.5, 0.6) is 0 Å². The molecule has 5 nitrogen and oxygen atoms in total. The Bertz CT molecular complexity index is 1480. The van der Waals surface area contributed by atoms with Gasteiger partial charge in [-0.3, -0.25) is 5.10 Å². The molecular formula is C22H12F5N5. The van der Waals surface area contributed by atoms with Crippen molar-refractivity contribution >= 4 is 33.4 Å². The summed E-state index contributed by atoms with van der Waals surface area (Å²) in [4.78, 5) is 8.81. The van der Waals surface area contributed by atoms with Gasteiger partial charge in [0.1, 0.15) is 17.2 Å². The third-order valence-electron chi connectivity index (χ3n) is 4.94. The van der Waals surface area contributed by atoms with E-state index in [-0.39, 0.29) is 28.4 Å². The molecule has 0 saturated heterocycles. The van der Waals surface area contributed by atoms with E-state index in [0.717, 1.165) is 6.07 Å². The van der Waals surface area contributed by atoms with Crippen LogP contribution in [0.15, 0.2) is 60.7 Å². The number of hydrogen-bond donors (Lipinski definition) is 2. The SMILES string of the molecule is Fc1ccccc1-c1nc(Nc2n[nH]c3c(F)c(C(F)(F)F)ccc23)c2ccccc2n1. The second-order valence-electron chi connectivity index (χ2n) is 6.94. The number of H-pyrrole nitrogens is 1. The van der Waals surface area contributed by atoms with Crippen LogP contribution in [0.1, 0.15) is 5.56 Å². The summed E-state index contributed by atoms with van der Waals surface area (Å²) in [5, 5.41) is 9.81. The van der Waals surface area contributed by atoms with Crippen molar-refractivity contribution in [2.45, 2.75) is 6.18 Å². The Balaban J connectivity index is 1.65. The lowest BCUT2D eigenvalue weighted by Gasteiger charge is -2.11. The van der Waals surface area contributed by atoms with Crippen molar-refractivity contribution in [2.24, 2.45) is 0 Å². The second-order valence-corrected chi connectivity index (χ2v) is 6.94. The molecule has 0 saturated carbocycles. The maximum Gasteiger partial charge on any atom is 0.419 e. The van der Waals surface area contributed by atoms with E-state index < -0.39 is 28.9 Å². The normalized spacial score (nSPS) is 11.9. The van der Waals surface area contributed by atoms with Crippen molar-refractivity contribution in [1.82, 2.24) is 20.2 Å². The van der Waals surface area contributed by atoms with Crippen molar-refractivity contribution in [3.63, 3.8) is 0 Å². The summed E-state index contributed by atoms with van der Waals surface area (Å²) in [5.74, 6) is -1.55. The van der Waals surface area contributed by atoms with Gasteiger partial charge in [-0.1, -0.05) is 24.3 Å². The van der Waals surface area contributed by atoms with Gasteiger partial charge in [0.15, 0.2) is 17.5 Å². The zero-order chi connectivity index (χ0) is 22.5. The van der Waals surface area contributed by atoms with Gasteiger partial charge in [-0.25, -0.2) is 18.7 Å². The summed E-state index contributed by atoms with van der Waals surface area (Å²) < 4.78 is 67.8. The zero-order valence-corrected chi connectivity index (χ0v) is 16.0. The number of aromatic nitrogens is 4. The van der Waals surface area contributed by atoms with Gasteiger partial charge in [0, 0.05) is 10.8 Å². The van der Waals surface area contributed by atoms with E-state index in [2.05, 4.69) is 25.5 Å². The summed E-state index contributed by atoms with van der Waals surface area (Å²) in [6.07, 6.45) is -4.84. The van der Waals surface area contributed by atoms with Crippen LogP contribution in [0.4, 0.5) is 33.6 Å². The highest BCUT2D eigenvalue weighted by Gasteiger charge is 2.35. The molecule has 160 valence electrons. The van der Waals surface area contributed by atoms with Crippen molar-refractivity contribution in [3.8, 4) is 11.4 Å². The zero-order valence-electron chi connectivity index (χ0n) is 16.0. The molecule has 0 aliphatic carbocycles. The molecule has 2 N–H and O–H groups in total. The molecule has 0 spiro atoms. The molecule has 0 atom stereocenters. The predicted octanol–water partition coefficient (Wildman–Crippen LogP) is 6.21. The first-order valence-corrected chi connectivity index (χ1v) is 9.35. The van der Waals surface area contributed by atoms with Crippen LogP contribution in [0, 0.1) is 11.6 Å². The number of benzene rings is 3. The number of halogens is 5. The highest BCUT2D eigenvalue weighted by molar-refractivity contribution is 5.97. The van der Waals surface area contributed by atoms with E-state index in [1.807, 2.05) is 0 Å². The lowest BCUT2D eigenvalue weighted by molar-refractivity contribution is -0.139. The first-order valence-electron chi connectivity index (χ1n) is 9.35. The number of rotatable bonds is 3. The number of aromatic amines is 1. The molecule has 32 heavy (non-hydrogen) atoms. The Morgan fingerprint density at radius 3 is 2.31 bits per heavy atom. The number of anilines is 2. The van der Waals surface area contributed by atoms with E-state index in [0.29, 0.717) is 17.0 Å². The first-order chi connectivity index (χ1) is 15.3. The van der Waals surface area contributed by atoms with Gasteiger partial charge < -0.3 is 5.32 Å². The molecule has 10 heteroatoms.